The highest BCUT2D eigenvalue weighted by Crippen LogP contribution is 2.25. The van der Waals surface area contributed by atoms with Gasteiger partial charge in [-0.2, -0.15) is 10.2 Å². The third kappa shape index (κ3) is 1.48. The van der Waals surface area contributed by atoms with Crippen LogP contribution in [0.3, 0.4) is 0 Å². The minimum absolute atomic E-state index is 0.584. The monoisotopic (exact) mass is 241 g/mol. The van der Waals surface area contributed by atoms with E-state index in [9.17, 15) is 0 Å². The summed E-state index contributed by atoms with van der Waals surface area (Å²) in [5.74, 6) is 0.584. The van der Waals surface area contributed by atoms with Crippen LogP contribution in [0, 0.1) is 6.92 Å². The summed E-state index contributed by atoms with van der Waals surface area (Å²) in [4.78, 5) is 0. The molecule has 0 amide bonds. The molecule has 0 radical (unpaired) electrons. The second-order valence-corrected chi connectivity index (χ2v) is 4.39. The molecule has 2 heterocycles. The minimum Gasteiger partial charge on any atom is -0.383 e. The maximum atomic E-state index is 5.90. The Labute approximate surface area is 105 Å². The summed E-state index contributed by atoms with van der Waals surface area (Å²) in [5, 5.41) is 12.6. The molecule has 5 heteroatoms. The molecule has 0 aliphatic heterocycles. The smallest absolute Gasteiger partial charge is 0.186 e. The van der Waals surface area contributed by atoms with E-state index in [1.165, 1.54) is 5.56 Å². The number of rotatable bonds is 2. The highest BCUT2D eigenvalue weighted by atomic mass is 15.4. The fraction of sp³-hybridized carbons (Fsp3) is 0.231. The van der Waals surface area contributed by atoms with Gasteiger partial charge in [0, 0.05) is 0 Å². The van der Waals surface area contributed by atoms with Gasteiger partial charge in [0.2, 0.25) is 0 Å². The Morgan fingerprint density at radius 1 is 1.39 bits per heavy atom. The van der Waals surface area contributed by atoms with Gasteiger partial charge in [-0.3, -0.25) is 5.10 Å². The van der Waals surface area contributed by atoms with E-state index in [-0.39, 0.29) is 0 Å². The molecule has 0 bridgehead atoms. The molecule has 5 nitrogen and oxygen atoms in total. The molecule has 92 valence electrons. The number of aromatic amines is 1. The SMILES string of the molecule is CCc1nn(-c2cccc(C)c2)c2n[nH]c(N)c12. The number of hydrogen-bond acceptors (Lipinski definition) is 3. The molecule has 3 N–H and O–H groups in total. The molecule has 0 aliphatic carbocycles. The van der Waals surface area contributed by atoms with Crippen LogP contribution in [0.5, 0.6) is 0 Å². The van der Waals surface area contributed by atoms with Crippen molar-refractivity contribution in [1.82, 2.24) is 20.0 Å². The Balaban J connectivity index is 2.29. The van der Waals surface area contributed by atoms with Crippen LogP contribution in [0.4, 0.5) is 5.82 Å². The van der Waals surface area contributed by atoms with Crippen molar-refractivity contribution in [2.24, 2.45) is 0 Å². The lowest BCUT2D eigenvalue weighted by Crippen LogP contribution is -1.98. The van der Waals surface area contributed by atoms with Crippen molar-refractivity contribution in [3.05, 3.63) is 35.5 Å². The molecule has 0 fully saturated rings. The van der Waals surface area contributed by atoms with Crippen LogP contribution >= 0.6 is 0 Å². The van der Waals surface area contributed by atoms with Crippen LogP contribution in [-0.4, -0.2) is 20.0 Å². The minimum atomic E-state index is 0.584. The third-order valence-corrected chi connectivity index (χ3v) is 3.07. The van der Waals surface area contributed by atoms with Crippen LogP contribution in [0.1, 0.15) is 18.2 Å². The number of fused-ring (bicyclic) bond motifs is 1. The molecular weight excluding hydrogens is 226 g/mol. The normalized spacial score (nSPS) is 11.2. The molecule has 0 unspecified atom stereocenters. The summed E-state index contributed by atoms with van der Waals surface area (Å²) in [6.45, 7) is 4.12. The quantitative estimate of drug-likeness (QED) is 0.722. The van der Waals surface area contributed by atoms with Crippen molar-refractivity contribution in [1.29, 1.82) is 0 Å². The maximum Gasteiger partial charge on any atom is 0.186 e. The van der Waals surface area contributed by atoms with Crippen molar-refractivity contribution >= 4 is 16.9 Å². The van der Waals surface area contributed by atoms with E-state index in [1.54, 1.807) is 0 Å². The predicted octanol–water partition coefficient (Wildman–Crippen LogP) is 2.20. The van der Waals surface area contributed by atoms with E-state index in [4.69, 9.17) is 5.73 Å². The number of anilines is 1. The molecule has 2 aromatic heterocycles. The molecule has 3 aromatic rings. The fourth-order valence-electron chi connectivity index (χ4n) is 2.19. The van der Waals surface area contributed by atoms with Gasteiger partial charge in [-0.1, -0.05) is 19.1 Å². The summed E-state index contributed by atoms with van der Waals surface area (Å²) < 4.78 is 1.84. The average molecular weight is 241 g/mol. The lowest BCUT2D eigenvalue weighted by atomic mass is 10.2. The molecule has 0 saturated heterocycles. The van der Waals surface area contributed by atoms with E-state index in [0.717, 1.165) is 28.8 Å². The highest BCUT2D eigenvalue weighted by Gasteiger charge is 2.16. The zero-order chi connectivity index (χ0) is 12.7. The van der Waals surface area contributed by atoms with Gasteiger partial charge >= 0.3 is 0 Å². The van der Waals surface area contributed by atoms with Crippen LogP contribution < -0.4 is 5.73 Å². The first-order chi connectivity index (χ1) is 8.70. The van der Waals surface area contributed by atoms with Crippen molar-refractivity contribution in [2.75, 3.05) is 5.73 Å². The number of nitrogens with zero attached hydrogens (tertiary/aromatic N) is 3. The second kappa shape index (κ2) is 3.87. The van der Waals surface area contributed by atoms with E-state index >= 15 is 0 Å². The third-order valence-electron chi connectivity index (χ3n) is 3.07. The van der Waals surface area contributed by atoms with Gasteiger partial charge in [0.15, 0.2) is 5.65 Å². The molecule has 0 atom stereocenters. The van der Waals surface area contributed by atoms with Gasteiger partial charge in [0.25, 0.3) is 0 Å². The summed E-state index contributed by atoms with van der Waals surface area (Å²) in [6, 6.07) is 8.17. The number of aromatic nitrogens is 4. The number of aryl methyl sites for hydroxylation is 2. The lowest BCUT2D eigenvalue weighted by molar-refractivity contribution is 0.843. The first-order valence-corrected chi connectivity index (χ1v) is 5.99. The van der Waals surface area contributed by atoms with Gasteiger partial charge in [0.1, 0.15) is 5.82 Å². The van der Waals surface area contributed by atoms with Crippen molar-refractivity contribution < 1.29 is 0 Å². The van der Waals surface area contributed by atoms with Crippen molar-refractivity contribution in [2.45, 2.75) is 20.3 Å². The van der Waals surface area contributed by atoms with Crippen molar-refractivity contribution in [3.8, 4) is 5.69 Å². The summed E-state index contributed by atoms with van der Waals surface area (Å²) in [5.41, 5.74) is 9.86. The summed E-state index contributed by atoms with van der Waals surface area (Å²) >= 11 is 0. The highest BCUT2D eigenvalue weighted by molar-refractivity contribution is 5.89. The Morgan fingerprint density at radius 2 is 2.22 bits per heavy atom. The van der Waals surface area contributed by atoms with Crippen LogP contribution in [0.25, 0.3) is 16.7 Å². The fourth-order valence-corrected chi connectivity index (χ4v) is 2.19. The molecule has 1 aromatic carbocycles. The Kier molecular flexibility index (Phi) is 2.33. The first-order valence-electron chi connectivity index (χ1n) is 5.99. The Morgan fingerprint density at radius 3 is 2.94 bits per heavy atom. The van der Waals surface area contributed by atoms with Gasteiger partial charge in [-0.05, 0) is 31.0 Å². The van der Waals surface area contributed by atoms with E-state index in [0.29, 0.717) is 5.82 Å². The second-order valence-electron chi connectivity index (χ2n) is 4.39. The van der Waals surface area contributed by atoms with E-state index in [1.807, 2.05) is 16.8 Å². The van der Waals surface area contributed by atoms with Gasteiger partial charge < -0.3 is 5.73 Å². The molecule has 0 aliphatic rings. The first kappa shape index (κ1) is 10.8. The predicted molar refractivity (Wildman–Crippen MR) is 71.7 cm³/mol. The molecule has 3 rings (SSSR count). The van der Waals surface area contributed by atoms with E-state index in [2.05, 4.69) is 41.3 Å². The van der Waals surface area contributed by atoms with Gasteiger partial charge in [0.05, 0.1) is 16.8 Å². The topological polar surface area (TPSA) is 72.5 Å². The van der Waals surface area contributed by atoms with Crippen molar-refractivity contribution in [3.63, 3.8) is 0 Å². The van der Waals surface area contributed by atoms with Gasteiger partial charge in [-0.15, -0.1) is 0 Å². The molecular formula is C13H15N5. The summed E-state index contributed by atoms with van der Waals surface area (Å²) in [6.07, 6.45) is 0.832. The molecule has 18 heavy (non-hydrogen) atoms. The number of nitrogens with one attached hydrogen (secondary N) is 1. The number of nitrogen functional groups attached to an aromatic ring is 1. The zero-order valence-corrected chi connectivity index (χ0v) is 10.4. The van der Waals surface area contributed by atoms with Gasteiger partial charge in [-0.25, -0.2) is 4.68 Å². The standard InChI is InChI=1S/C13H15N5/c1-3-10-11-12(14)15-16-13(11)18(17-10)9-6-4-5-8(2)7-9/h4-7H,3H2,1-2H3,(H3,14,15,16). The van der Waals surface area contributed by atoms with Crippen LogP contribution in [-0.2, 0) is 6.42 Å². The number of benzene rings is 1. The lowest BCUT2D eigenvalue weighted by Gasteiger charge is -2.02. The van der Waals surface area contributed by atoms with Crippen LogP contribution in [0.2, 0.25) is 0 Å². The number of hydrogen-bond donors (Lipinski definition) is 2. The Bertz CT molecular complexity index is 707. The van der Waals surface area contributed by atoms with Crippen LogP contribution in [0.15, 0.2) is 24.3 Å². The molecule has 0 saturated carbocycles. The maximum absolute atomic E-state index is 5.90. The molecule has 0 spiro atoms. The summed E-state index contributed by atoms with van der Waals surface area (Å²) in [7, 11) is 0. The number of H-pyrrole nitrogens is 1. The average Bonchev–Trinajstić information content (AvgIpc) is 2.90. The zero-order valence-electron chi connectivity index (χ0n) is 10.4. The largest absolute Gasteiger partial charge is 0.383 e. The number of nitrogens with two attached hydrogens (primary N) is 1. The van der Waals surface area contributed by atoms with E-state index < -0.39 is 0 Å². The Hall–Kier alpha value is -2.30.